The Morgan fingerprint density at radius 3 is 2.41 bits per heavy atom. The number of sulfone groups is 1. The summed E-state index contributed by atoms with van der Waals surface area (Å²) in [6, 6.07) is 8.05. The molecule has 196 valence electrons. The van der Waals surface area contributed by atoms with Crippen molar-refractivity contribution in [3.05, 3.63) is 63.1 Å². The zero-order chi connectivity index (χ0) is 26.7. The highest BCUT2D eigenvalue weighted by Gasteiger charge is 2.64. The molecule has 3 fully saturated rings. The normalized spacial score (nSPS) is 26.2. The van der Waals surface area contributed by atoms with E-state index in [-0.39, 0.29) is 39.9 Å². The van der Waals surface area contributed by atoms with Crippen molar-refractivity contribution in [1.29, 1.82) is 0 Å². The van der Waals surface area contributed by atoms with Crippen molar-refractivity contribution in [3.8, 4) is 0 Å². The Balaban J connectivity index is 1.71. The highest BCUT2D eigenvalue weighted by molar-refractivity contribution is 7.93. The zero-order valence-corrected chi connectivity index (χ0v) is 22.4. The standard InChI is InChI=1S/C24H23Cl3N4O5S/c25-14-3-1-2-13(8-14)9-19-23(34)30(16-5-6-16)12-24(29-18(22(28)33)11-21(32)31(19)24)37(35,36)20-7-4-15(26)10-17(20)27/h1-4,7-8,10,16,18-19,29H,5-6,9,11-12H2,(H2,28,33). The van der Waals surface area contributed by atoms with Gasteiger partial charge in [-0.05, 0) is 48.7 Å². The average molecular weight is 586 g/mol. The SMILES string of the molecule is NC(=O)C1CC(=O)N2C(Cc3cccc(Cl)c3)C(=O)N(C3CC3)CC2(S(=O)(=O)c2ccc(Cl)cc2Cl)N1. The number of rotatable bonds is 6. The van der Waals surface area contributed by atoms with E-state index in [0.29, 0.717) is 23.4 Å². The lowest BCUT2D eigenvalue weighted by molar-refractivity contribution is -0.166. The highest BCUT2D eigenvalue weighted by atomic mass is 35.5. The Morgan fingerprint density at radius 2 is 1.78 bits per heavy atom. The molecule has 3 unspecified atom stereocenters. The fraction of sp³-hybridized carbons (Fsp3) is 0.375. The van der Waals surface area contributed by atoms with Crippen molar-refractivity contribution >= 4 is 62.4 Å². The van der Waals surface area contributed by atoms with Gasteiger partial charge in [0.25, 0.3) is 0 Å². The summed E-state index contributed by atoms with van der Waals surface area (Å²) in [4.78, 5) is 39.7. The van der Waals surface area contributed by atoms with Crippen molar-refractivity contribution in [1.82, 2.24) is 15.1 Å². The molecule has 5 rings (SSSR count). The van der Waals surface area contributed by atoms with Crippen LogP contribution in [0.15, 0.2) is 47.4 Å². The minimum absolute atomic E-state index is 0.0168. The van der Waals surface area contributed by atoms with Gasteiger partial charge in [-0.25, -0.2) is 8.42 Å². The Bertz CT molecular complexity index is 1420. The molecule has 2 heterocycles. The molecule has 3 atom stereocenters. The lowest BCUT2D eigenvalue weighted by Crippen LogP contribution is -2.82. The van der Waals surface area contributed by atoms with E-state index in [1.807, 2.05) is 0 Å². The first-order chi connectivity index (χ1) is 17.4. The van der Waals surface area contributed by atoms with Crippen LogP contribution in [0.1, 0.15) is 24.8 Å². The van der Waals surface area contributed by atoms with Gasteiger partial charge in [0.2, 0.25) is 32.6 Å². The predicted molar refractivity (Wildman–Crippen MR) is 138 cm³/mol. The second kappa shape index (κ2) is 9.43. The molecule has 2 saturated heterocycles. The van der Waals surface area contributed by atoms with Gasteiger partial charge >= 0.3 is 0 Å². The van der Waals surface area contributed by atoms with Gasteiger partial charge in [-0.1, -0.05) is 46.9 Å². The van der Waals surface area contributed by atoms with Crippen LogP contribution in [0.5, 0.6) is 0 Å². The molecule has 2 aromatic carbocycles. The molecule has 1 aliphatic carbocycles. The van der Waals surface area contributed by atoms with Crippen LogP contribution >= 0.6 is 34.8 Å². The molecule has 37 heavy (non-hydrogen) atoms. The van der Waals surface area contributed by atoms with Gasteiger partial charge in [0, 0.05) is 22.5 Å². The summed E-state index contributed by atoms with van der Waals surface area (Å²) in [7, 11) is -4.55. The number of benzene rings is 2. The number of nitrogens with two attached hydrogens (primary N) is 1. The smallest absolute Gasteiger partial charge is 0.246 e. The number of primary amides is 1. The molecule has 3 aliphatic rings. The van der Waals surface area contributed by atoms with Crippen LogP contribution in [0.2, 0.25) is 15.1 Å². The summed E-state index contributed by atoms with van der Waals surface area (Å²) >= 11 is 18.5. The number of hydrogen-bond donors (Lipinski definition) is 2. The van der Waals surface area contributed by atoms with E-state index in [9.17, 15) is 22.8 Å². The molecular weight excluding hydrogens is 563 g/mol. The fourth-order valence-electron chi connectivity index (χ4n) is 5.13. The third-order valence-electron chi connectivity index (χ3n) is 6.98. The van der Waals surface area contributed by atoms with Gasteiger partial charge in [-0.3, -0.25) is 24.6 Å². The molecule has 0 spiro atoms. The highest BCUT2D eigenvalue weighted by Crippen LogP contribution is 2.43. The molecule has 3 amide bonds. The van der Waals surface area contributed by atoms with Crippen molar-refractivity contribution in [2.45, 2.75) is 53.7 Å². The van der Waals surface area contributed by atoms with Crippen LogP contribution in [-0.4, -0.2) is 65.6 Å². The van der Waals surface area contributed by atoms with E-state index in [1.54, 1.807) is 24.3 Å². The summed E-state index contributed by atoms with van der Waals surface area (Å²) in [5.74, 6) is -1.94. The Labute approximate surface area is 228 Å². The van der Waals surface area contributed by atoms with E-state index in [0.717, 1.165) is 4.90 Å². The van der Waals surface area contributed by atoms with Gasteiger partial charge in [0.15, 0.2) is 0 Å². The number of piperazine rings is 1. The summed E-state index contributed by atoms with van der Waals surface area (Å²) in [6.45, 7) is -0.390. The summed E-state index contributed by atoms with van der Waals surface area (Å²) in [6.07, 6.45) is 1.01. The first kappa shape index (κ1) is 26.2. The number of carbonyl (C=O) groups is 3. The first-order valence-electron chi connectivity index (χ1n) is 11.6. The van der Waals surface area contributed by atoms with Crippen molar-refractivity contribution < 1.29 is 22.8 Å². The largest absolute Gasteiger partial charge is 0.368 e. The van der Waals surface area contributed by atoms with Gasteiger partial charge < -0.3 is 10.6 Å². The number of amides is 3. The molecule has 1 saturated carbocycles. The van der Waals surface area contributed by atoms with Crippen LogP contribution in [0, 0.1) is 0 Å². The Hall–Kier alpha value is -2.37. The maximum atomic E-state index is 14.4. The molecule has 9 nitrogen and oxygen atoms in total. The van der Waals surface area contributed by atoms with Crippen LogP contribution in [-0.2, 0) is 30.6 Å². The topological polar surface area (TPSA) is 130 Å². The van der Waals surface area contributed by atoms with Crippen LogP contribution < -0.4 is 11.1 Å². The van der Waals surface area contributed by atoms with E-state index in [2.05, 4.69) is 5.32 Å². The molecule has 0 radical (unpaired) electrons. The fourth-order valence-corrected chi connectivity index (χ4v) is 8.07. The quantitative estimate of drug-likeness (QED) is 0.535. The first-order valence-corrected chi connectivity index (χ1v) is 14.2. The Morgan fingerprint density at radius 1 is 1.08 bits per heavy atom. The molecule has 2 aromatic rings. The third kappa shape index (κ3) is 4.48. The minimum atomic E-state index is -4.55. The van der Waals surface area contributed by atoms with E-state index >= 15 is 0 Å². The monoisotopic (exact) mass is 584 g/mol. The average Bonchev–Trinajstić information content (AvgIpc) is 3.65. The van der Waals surface area contributed by atoms with E-state index in [1.165, 1.54) is 23.1 Å². The molecule has 3 N–H and O–H groups in total. The molecular formula is C24H23Cl3N4O5S. The summed E-state index contributed by atoms with van der Waals surface area (Å²) in [5.41, 5.74) is 6.19. The van der Waals surface area contributed by atoms with E-state index in [4.69, 9.17) is 40.5 Å². The van der Waals surface area contributed by atoms with Crippen molar-refractivity contribution in [2.24, 2.45) is 5.73 Å². The zero-order valence-electron chi connectivity index (χ0n) is 19.4. The van der Waals surface area contributed by atoms with Crippen LogP contribution in [0.4, 0.5) is 0 Å². The number of carbonyl (C=O) groups excluding carboxylic acids is 3. The minimum Gasteiger partial charge on any atom is -0.368 e. The van der Waals surface area contributed by atoms with Gasteiger partial charge in [-0.2, -0.15) is 0 Å². The number of nitrogens with zero attached hydrogens (tertiary/aromatic N) is 2. The maximum Gasteiger partial charge on any atom is 0.246 e. The lowest BCUT2D eigenvalue weighted by atomic mass is 9.96. The van der Waals surface area contributed by atoms with Gasteiger partial charge in [-0.15, -0.1) is 0 Å². The van der Waals surface area contributed by atoms with Crippen molar-refractivity contribution in [2.75, 3.05) is 6.54 Å². The summed E-state index contributed by atoms with van der Waals surface area (Å²) < 4.78 is 28.9. The predicted octanol–water partition coefficient (Wildman–Crippen LogP) is 2.37. The number of fused-ring (bicyclic) bond motifs is 1. The second-order valence-electron chi connectivity index (χ2n) is 9.48. The number of hydrogen-bond acceptors (Lipinski definition) is 6. The maximum absolute atomic E-state index is 14.4. The van der Waals surface area contributed by atoms with E-state index < -0.39 is 45.2 Å². The molecule has 2 aliphatic heterocycles. The molecule has 0 aromatic heterocycles. The van der Waals surface area contributed by atoms with Gasteiger partial charge in [0.1, 0.15) is 6.04 Å². The number of halogens is 3. The second-order valence-corrected chi connectivity index (χ2v) is 12.9. The molecule has 0 bridgehead atoms. The molecule has 13 heteroatoms. The summed E-state index contributed by atoms with van der Waals surface area (Å²) in [5, 5.41) is 3.37. The van der Waals surface area contributed by atoms with Crippen LogP contribution in [0.3, 0.4) is 0 Å². The number of nitrogens with one attached hydrogen (secondary N) is 1. The Kier molecular flexibility index (Phi) is 6.69. The van der Waals surface area contributed by atoms with Crippen LogP contribution in [0.25, 0.3) is 0 Å². The lowest BCUT2D eigenvalue weighted by Gasteiger charge is -2.56. The third-order valence-corrected chi connectivity index (χ3v) is 10.1. The van der Waals surface area contributed by atoms with Gasteiger partial charge in [0.05, 0.1) is 28.9 Å². The van der Waals surface area contributed by atoms with Crippen molar-refractivity contribution in [3.63, 3.8) is 0 Å².